The highest BCUT2D eigenvalue weighted by Crippen LogP contribution is 2.24. The minimum atomic E-state index is -0.622. The van der Waals surface area contributed by atoms with Gasteiger partial charge in [-0.1, -0.05) is 30.4 Å². The molecule has 0 N–H and O–H groups in total. The van der Waals surface area contributed by atoms with Crippen LogP contribution in [0.3, 0.4) is 0 Å². The number of nitro benzene ring substituents is 1. The molecule has 0 atom stereocenters. The summed E-state index contributed by atoms with van der Waals surface area (Å²) in [4.78, 5) is 28.0. The van der Waals surface area contributed by atoms with E-state index >= 15 is 0 Å². The van der Waals surface area contributed by atoms with Crippen molar-refractivity contribution in [2.75, 3.05) is 6.61 Å². The van der Waals surface area contributed by atoms with Crippen molar-refractivity contribution in [3.8, 4) is 5.75 Å². The topological polar surface area (TPSA) is 86.7 Å². The zero-order valence-corrected chi connectivity index (χ0v) is 15.9. The summed E-state index contributed by atoms with van der Waals surface area (Å²) in [5.41, 5.74) is 0.699. The van der Waals surface area contributed by atoms with Gasteiger partial charge in [-0.15, -0.1) is 0 Å². The molecule has 0 radical (unpaired) electrons. The van der Waals surface area contributed by atoms with Crippen LogP contribution < -0.4 is 9.54 Å². The molecule has 0 aliphatic rings. The summed E-state index contributed by atoms with van der Waals surface area (Å²) >= 11 is 1.37. The van der Waals surface area contributed by atoms with Gasteiger partial charge in [0.25, 0.3) is 11.6 Å². The maximum absolute atomic E-state index is 12.6. The summed E-state index contributed by atoms with van der Waals surface area (Å²) in [6.45, 7) is 5.22. The molecule has 7 nitrogen and oxygen atoms in total. The van der Waals surface area contributed by atoms with Crippen molar-refractivity contribution >= 4 is 33.1 Å². The fourth-order valence-electron chi connectivity index (χ4n) is 2.80. The number of para-hydroxylation sites is 1. The van der Waals surface area contributed by atoms with E-state index in [4.69, 9.17) is 4.74 Å². The molecule has 3 aromatic rings. The Labute approximate surface area is 159 Å². The molecule has 0 unspecified atom stereocenters. The molecule has 0 spiro atoms. The van der Waals surface area contributed by atoms with E-state index in [1.807, 2.05) is 36.6 Å². The Balaban J connectivity index is 2.13. The Hall–Kier alpha value is -3.00. The van der Waals surface area contributed by atoms with Crippen LogP contribution in [0.15, 0.2) is 47.5 Å². The Bertz CT molecular complexity index is 1070. The molecule has 0 aliphatic carbocycles. The van der Waals surface area contributed by atoms with Gasteiger partial charge in [-0.2, -0.15) is 4.99 Å². The third-order valence-electron chi connectivity index (χ3n) is 3.94. The van der Waals surface area contributed by atoms with Crippen LogP contribution in [0.2, 0.25) is 0 Å². The van der Waals surface area contributed by atoms with Gasteiger partial charge in [0.1, 0.15) is 11.3 Å². The van der Waals surface area contributed by atoms with Crippen molar-refractivity contribution in [2.45, 2.75) is 26.8 Å². The molecule has 140 valence electrons. The average Bonchev–Trinajstić information content (AvgIpc) is 2.99. The number of thiazole rings is 1. The Morgan fingerprint density at radius 3 is 2.74 bits per heavy atom. The minimum Gasteiger partial charge on any atom is -0.494 e. The van der Waals surface area contributed by atoms with Crippen LogP contribution in [0.5, 0.6) is 5.75 Å². The fraction of sp³-hybridized carbons (Fsp3) is 0.263. The van der Waals surface area contributed by atoms with E-state index in [9.17, 15) is 14.9 Å². The molecule has 1 amide bonds. The first-order valence-electron chi connectivity index (χ1n) is 8.63. The lowest BCUT2D eigenvalue weighted by molar-refractivity contribution is -0.385. The summed E-state index contributed by atoms with van der Waals surface area (Å²) in [5.74, 6) is 0.134. The van der Waals surface area contributed by atoms with E-state index in [1.165, 1.54) is 29.5 Å². The number of nitrogens with zero attached hydrogens (tertiary/aromatic N) is 3. The lowest BCUT2D eigenvalue weighted by Crippen LogP contribution is -2.17. The third kappa shape index (κ3) is 3.90. The smallest absolute Gasteiger partial charge is 0.286 e. The van der Waals surface area contributed by atoms with Crippen molar-refractivity contribution in [2.24, 2.45) is 4.99 Å². The largest absolute Gasteiger partial charge is 0.494 e. The number of hydrogen-bond acceptors (Lipinski definition) is 5. The second-order valence-corrected chi connectivity index (χ2v) is 6.80. The summed E-state index contributed by atoms with van der Waals surface area (Å²) in [5, 5.41) is 11.2. The van der Waals surface area contributed by atoms with E-state index < -0.39 is 10.8 Å². The van der Waals surface area contributed by atoms with Gasteiger partial charge in [0.05, 0.1) is 21.7 Å². The molecule has 1 aromatic heterocycles. The van der Waals surface area contributed by atoms with Crippen molar-refractivity contribution in [1.82, 2.24) is 4.57 Å². The van der Waals surface area contributed by atoms with Crippen LogP contribution >= 0.6 is 11.3 Å². The molecule has 2 aromatic carbocycles. The van der Waals surface area contributed by atoms with Crippen LogP contribution in [-0.4, -0.2) is 22.0 Å². The molecule has 1 heterocycles. The summed E-state index contributed by atoms with van der Waals surface area (Å²) < 4.78 is 8.45. The molecular weight excluding hydrogens is 366 g/mol. The van der Waals surface area contributed by atoms with Gasteiger partial charge in [-0.25, -0.2) is 0 Å². The van der Waals surface area contributed by atoms with Crippen molar-refractivity contribution in [3.05, 3.63) is 62.9 Å². The van der Waals surface area contributed by atoms with Crippen LogP contribution in [0.4, 0.5) is 5.69 Å². The van der Waals surface area contributed by atoms with Crippen LogP contribution in [0, 0.1) is 10.1 Å². The van der Waals surface area contributed by atoms with Crippen LogP contribution in [-0.2, 0) is 6.54 Å². The minimum absolute atomic E-state index is 0.0157. The third-order valence-corrected chi connectivity index (χ3v) is 4.98. The lowest BCUT2D eigenvalue weighted by atomic mass is 10.2. The number of aromatic nitrogens is 1. The van der Waals surface area contributed by atoms with Gasteiger partial charge < -0.3 is 9.30 Å². The predicted molar refractivity (Wildman–Crippen MR) is 104 cm³/mol. The molecule has 0 saturated carbocycles. The molecule has 8 heteroatoms. The maximum atomic E-state index is 12.6. The van der Waals surface area contributed by atoms with Gasteiger partial charge >= 0.3 is 0 Å². The second kappa shape index (κ2) is 8.13. The normalized spacial score (nSPS) is 11.7. The van der Waals surface area contributed by atoms with E-state index in [0.717, 1.165) is 22.4 Å². The Morgan fingerprint density at radius 2 is 2.04 bits per heavy atom. The predicted octanol–water partition coefficient (Wildman–Crippen LogP) is 4.16. The lowest BCUT2D eigenvalue weighted by Gasteiger charge is -2.05. The number of nitro groups is 1. The van der Waals surface area contributed by atoms with E-state index in [0.29, 0.717) is 18.0 Å². The first-order chi connectivity index (χ1) is 13.0. The molecule has 0 aliphatic heterocycles. The molecule has 27 heavy (non-hydrogen) atoms. The fourth-order valence-corrected chi connectivity index (χ4v) is 3.88. The monoisotopic (exact) mass is 385 g/mol. The average molecular weight is 385 g/mol. The Kier molecular flexibility index (Phi) is 5.66. The number of hydrogen-bond donors (Lipinski definition) is 0. The summed E-state index contributed by atoms with van der Waals surface area (Å²) in [6.07, 6.45) is 0.867. The molecular formula is C19H19N3O4S. The van der Waals surface area contributed by atoms with Gasteiger partial charge in [0.2, 0.25) is 0 Å². The first-order valence-corrected chi connectivity index (χ1v) is 9.45. The van der Waals surface area contributed by atoms with E-state index in [1.54, 1.807) is 6.07 Å². The number of fused-ring (bicyclic) bond motifs is 1. The zero-order valence-electron chi connectivity index (χ0n) is 15.0. The highest BCUT2D eigenvalue weighted by molar-refractivity contribution is 7.16. The van der Waals surface area contributed by atoms with E-state index in [-0.39, 0.29) is 11.3 Å². The molecule has 0 bridgehead atoms. The maximum Gasteiger partial charge on any atom is 0.286 e. The van der Waals surface area contributed by atoms with Gasteiger partial charge in [0, 0.05) is 12.6 Å². The Morgan fingerprint density at radius 1 is 1.26 bits per heavy atom. The van der Waals surface area contributed by atoms with Gasteiger partial charge in [-0.3, -0.25) is 14.9 Å². The standard InChI is InChI=1S/C19H19N3O4S/c1-3-11-21-16-10-9-13(26-4-2)12-17(16)27-19(21)20-18(23)14-7-5-6-8-15(14)22(24)25/h5-10,12H,3-4,11H2,1-2H3. The highest BCUT2D eigenvalue weighted by atomic mass is 32.1. The number of ether oxygens (including phenoxy) is 1. The first kappa shape index (κ1) is 18.8. The van der Waals surface area contributed by atoms with Crippen LogP contribution in [0.1, 0.15) is 30.6 Å². The number of carbonyl (C=O) groups is 1. The zero-order chi connectivity index (χ0) is 19.4. The molecule has 0 saturated heterocycles. The summed E-state index contributed by atoms with van der Waals surface area (Å²) in [7, 11) is 0. The van der Waals surface area contributed by atoms with Crippen molar-refractivity contribution in [3.63, 3.8) is 0 Å². The van der Waals surface area contributed by atoms with Crippen LogP contribution in [0.25, 0.3) is 10.2 Å². The number of benzene rings is 2. The van der Waals surface area contributed by atoms with Crippen molar-refractivity contribution < 1.29 is 14.5 Å². The number of carbonyl (C=O) groups excluding carboxylic acids is 1. The van der Waals surface area contributed by atoms with Gasteiger partial charge in [0.15, 0.2) is 4.80 Å². The summed E-state index contributed by atoms with van der Waals surface area (Å²) in [6, 6.07) is 11.6. The van der Waals surface area contributed by atoms with Crippen molar-refractivity contribution in [1.29, 1.82) is 0 Å². The van der Waals surface area contributed by atoms with Gasteiger partial charge in [-0.05, 0) is 37.6 Å². The number of rotatable bonds is 6. The molecule has 0 fully saturated rings. The second-order valence-electron chi connectivity index (χ2n) is 5.79. The quantitative estimate of drug-likeness (QED) is 0.471. The number of aryl methyl sites for hydroxylation is 1. The highest BCUT2D eigenvalue weighted by Gasteiger charge is 2.19. The SMILES string of the molecule is CCCn1c(=NC(=O)c2ccccc2[N+](=O)[O-])sc2cc(OCC)ccc21. The molecule has 3 rings (SSSR count). The number of amides is 1. The van der Waals surface area contributed by atoms with E-state index in [2.05, 4.69) is 4.99 Å².